The molecule has 0 aromatic carbocycles. The van der Waals surface area contributed by atoms with Gasteiger partial charge in [-0.2, -0.15) is 8.78 Å². The fourth-order valence-corrected chi connectivity index (χ4v) is 1.89. The van der Waals surface area contributed by atoms with Crippen LogP contribution in [0.3, 0.4) is 0 Å². The number of pyridine rings is 1. The standard InChI is InChI=1S/C12H14F4N2O3S/c1-2-22(19,20)6-9(17)10-4-3-8(5-18-10)21-7-12(15,16)11(13)14/h3-6,11H,2,7,17H2,1H3/b9-6-. The van der Waals surface area contributed by atoms with Gasteiger partial charge in [0.05, 0.1) is 28.7 Å². The summed E-state index contributed by atoms with van der Waals surface area (Å²) in [5.74, 6) is -4.58. The van der Waals surface area contributed by atoms with Crippen LogP contribution in [0.4, 0.5) is 17.6 Å². The highest BCUT2D eigenvalue weighted by molar-refractivity contribution is 7.94. The van der Waals surface area contributed by atoms with Gasteiger partial charge in [0, 0.05) is 0 Å². The Balaban J connectivity index is 2.80. The van der Waals surface area contributed by atoms with Crippen molar-refractivity contribution in [3.05, 3.63) is 29.4 Å². The highest BCUT2D eigenvalue weighted by atomic mass is 32.2. The number of aromatic nitrogens is 1. The van der Waals surface area contributed by atoms with E-state index >= 15 is 0 Å². The second-order valence-corrected chi connectivity index (χ2v) is 6.39. The number of hydrogen-bond donors (Lipinski definition) is 1. The molecular weight excluding hydrogens is 328 g/mol. The minimum Gasteiger partial charge on any atom is -0.485 e. The summed E-state index contributed by atoms with van der Waals surface area (Å²) in [4.78, 5) is 3.73. The van der Waals surface area contributed by atoms with E-state index in [0.29, 0.717) is 0 Å². The number of sulfone groups is 1. The van der Waals surface area contributed by atoms with Gasteiger partial charge in [-0.15, -0.1) is 0 Å². The van der Waals surface area contributed by atoms with Crippen molar-refractivity contribution in [1.29, 1.82) is 0 Å². The predicted octanol–water partition coefficient (Wildman–Crippen LogP) is 2.05. The zero-order chi connectivity index (χ0) is 17.0. The molecule has 0 aliphatic carbocycles. The lowest BCUT2D eigenvalue weighted by Crippen LogP contribution is -2.33. The second kappa shape index (κ2) is 6.95. The first-order valence-corrected chi connectivity index (χ1v) is 7.74. The van der Waals surface area contributed by atoms with E-state index in [-0.39, 0.29) is 22.9 Å². The molecule has 5 nitrogen and oxygen atoms in total. The van der Waals surface area contributed by atoms with Gasteiger partial charge >= 0.3 is 12.3 Å². The van der Waals surface area contributed by atoms with Gasteiger partial charge < -0.3 is 10.5 Å². The Kier molecular flexibility index (Phi) is 5.75. The molecule has 22 heavy (non-hydrogen) atoms. The molecule has 0 spiro atoms. The Morgan fingerprint density at radius 1 is 1.45 bits per heavy atom. The van der Waals surface area contributed by atoms with Crippen LogP contribution < -0.4 is 10.5 Å². The molecule has 0 bridgehead atoms. The van der Waals surface area contributed by atoms with Crippen molar-refractivity contribution >= 4 is 15.5 Å². The van der Waals surface area contributed by atoms with E-state index in [4.69, 9.17) is 5.73 Å². The predicted molar refractivity (Wildman–Crippen MR) is 72.3 cm³/mol. The number of hydrogen-bond acceptors (Lipinski definition) is 5. The van der Waals surface area contributed by atoms with Crippen molar-refractivity contribution in [2.75, 3.05) is 12.4 Å². The van der Waals surface area contributed by atoms with Crippen LogP contribution in [0.1, 0.15) is 12.6 Å². The fraction of sp³-hybridized carbons (Fsp3) is 0.417. The van der Waals surface area contributed by atoms with Crippen LogP contribution in [0.5, 0.6) is 5.75 Å². The Bertz CT molecular complexity index is 630. The van der Waals surface area contributed by atoms with Gasteiger partial charge in [-0.1, -0.05) is 6.92 Å². The summed E-state index contributed by atoms with van der Waals surface area (Å²) in [6.45, 7) is -0.0616. The summed E-state index contributed by atoms with van der Waals surface area (Å²) >= 11 is 0. The van der Waals surface area contributed by atoms with Crippen LogP contribution in [0.2, 0.25) is 0 Å². The fourth-order valence-electron chi connectivity index (χ4n) is 1.22. The lowest BCUT2D eigenvalue weighted by molar-refractivity contribution is -0.148. The van der Waals surface area contributed by atoms with E-state index in [0.717, 1.165) is 11.6 Å². The number of nitrogens with two attached hydrogens (primary N) is 1. The molecular formula is C12H14F4N2O3S. The van der Waals surface area contributed by atoms with Crippen molar-refractivity contribution < 1.29 is 30.7 Å². The van der Waals surface area contributed by atoms with E-state index in [2.05, 4.69) is 9.72 Å². The van der Waals surface area contributed by atoms with Gasteiger partial charge in [-0.3, -0.25) is 4.98 Å². The van der Waals surface area contributed by atoms with Crippen LogP contribution in [-0.2, 0) is 9.84 Å². The molecule has 0 fully saturated rings. The molecule has 1 aromatic rings. The first-order valence-electron chi connectivity index (χ1n) is 6.02. The number of rotatable bonds is 7. The highest BCUT2D eigenvalue weighted by Crippen LogP contribution is 2.24. The first kappa shape index (κ1) is 18.2. The molecule has 10 heteroatoms. The Morgan fingerprint density at radius 2 is 2.09 bits per heavy atom. The molecule has 0 unspecified atom stereocenters. The largest absolute Gasteiger partial charge is 0.485 e. The third-order valence-electron chi connectivity index (χ3n) is 2.49. The molecule has 1 aromatic heterocycles. The van der Waals surface area contributed by atoms with Crippen LogP contribution in [0.15, 0.2) is 23.7 Å². The first-order chi connectivity index (χ1) is 10.1. The summed E-state index contributed by atoms with van der Waals surface area (Å²) in [5, 5.41) is 0.834. The normalized spacial score (nSPS) is 13.5. The molecule has 0 saturated carbocycles. The molecule has 0 saturated heterocycles. The van der Waals surface area contributed by atoms with Crippen LogP contribution in [0, 0.1) is 0 Å². The molecule has 0 aliphatic rings. The maximum atomic E-state index is 12.7. The Hall–Kier alpha value is -1.84. The van der Waals surface area contributed by atoms with E-state index < -0.39 is 28.8 Å². The van der Waals surface area contributed by atoms with Gasteiger partial charge in [-0.25, -0.2) is 17.2 Å². The number of ether oxygens (including phenoxy) is 1. The van der Waals surface area contributed by atoms with E-state index in [1.807, 2.05) is 0 Å². The minimum atomic E-state index is -4.27. The molecule has 0 atom stereocenters. The average molecular weight is 342 g/mol. The topological polar surface area (TPSA) is 82.3 Å². The van der Waals surface area contributed by atoms with E-state index in [9.17, 15) is 26.0 Å². The zero-order valence-corrected chi connectivity index (χ0v) is 12.3. The minimum absolute atomic E-state index is 0.0880. The van der Waals surface area contributed by atoms with Gasteiger partial charge in [0.25, 0.3) is 0 Å². The maximum absolute atomic E-state index is 12.7. The lowest BCUT2D eigenvalue weighted by atomic mass is 10.3. The highest BCUT2D eigenvalue weighted by Gasteiger charge is 2.41. The van der Waals surface area contributed by atoms with Crippen molar-refractivity contribution in [2.24, 2.45) is 5.73 Å². The van der Waals surface area contributed by atoms with E-state index in [1.54, 1.807) is 0 Å². The van der Waals surface area contributed by atoms with Crippen LogP contribution in [0.25, 0.3) is 5.70 Å². The van der Waals surface area contributed by atoms with Crippen molar-refractivity contribution in [2.45, 2.75) is 19.3 Å². The average Bonchev–Trinajstić information content (AvgIpc) is 2.45. The molecule has 2 N–H and O–H groups in total. The van der Waals surface area contributed by atoms with Gasteiger partial charge in [0.15, 0.2) is 16.4 Å². The lowest BCUT2D eigenvalue weighted by Gasteiger charge is -2.15. The van der Waals surface area contributed by atoms with Crippen LogP contribution in [-0.4, -0.2) is 38.1 Å². The quantitative estimate of drug-likeness (QED) is 0.767. The maximum Gasteiger partial charge on any atom is 0.340 e. The molecule has 1 heterocycles. The Morgan fingerprint density at radius 3 is 2.55 bits per heavy atom. The molecule has 124 valence electrons. The second-order valence-electron chi connectivity index (χ2n) is 4.25. The monoisotopic (exact) mass is 342 g/mol. The zero-order valence-electron chi connectivity index (χ0n) is 11.5. The summed E-state index contributed by atoms with van der Waals surface area (Å²) in [6, 6.07) is 2.40. The third kappa shape index (κ3) is 5.17. The smallest absolute Gasteiger partial charge is 0.340 e. The van der Waals surface area contributed by atoms with Crippen molar-refractivity contribution in [3.8, 4) is 5.75 Å². The SMILES string of the molecule is CCS(=O)(=O)/C=C(\N)c1ccc(OCC(F)(F)C(F)F)cn1. The third-order valence-corrected chi connectivity index (χ3v) is 3.91. The van der Waals surface area contributed by atoms with Gasteiger partial charge in [0.1, 0.15) is 5.75 Å². The number of halogens is 4. The molecule has 1 rings (SSSR count). The van der Waals surface area contributed by atoms with Gasteiger partial charge in [0.2, 0.25) is 0 Å². The van der Waals surface area contributed by atoms with Crippen molar-refractivity contribution in [1.82, 2.24) is 4.98 Å². The summed E-state index contributed by atoms with van der Waals surface area (Å²) in [7, 11) is -3.46. The number of alkyl halides is 4. The van der Waals surface area contributed by atoms with E-state index in [1.165, 1.54) is 19.1 Å². The molecule has 0 amide bonds. The summed E-state index contributed by atoms with van der Waals surface area (Å²) in [5.41, 5.74) is 5.50. The Labute approximate surface area is 124 Å². The van der Waals surface area contributed by atoms with Crippen LogP contribution >= 0.6 is 0 Å². The summed E-state index contributed by atoms with van der Waals surface area (Å²) in [6.07, 6.45) is -2.85. The molecule has 0 aliphatic heterocycles. The molecule has 0 radical (unpaired) electrons. The van der Waals surface area contributed by atoms with Crippen molar-refractivity contribution in [3.63, 3.8) is 0 Å². The number of nitrogens with zero attached hydrogens (tertiary/aromatic N) is 1. The summed E-state index contributed by atoms with van der Waals surface area (Å²) < 4.78 is 76.5. The van der Waals surface area contributed by atoms with Gasteiger partial charge in [-0.05, 0) is 12.1 Å².